The molecule has 0 aliphatic heterocycles. The Morgan fingerprint density at radius 2 is 2.08 bits per heavy atom. The van der Waals surface area contributed by atoms with E-state index in [1.807, 2.05) is 0 Å². The van der Waals surface area contributed by atoms with Crippen molar-refractivity contribution in [3.05, 3.63) is 41.5 Å². The van der Waals surface area contributed by atoms with Gasteiger partial charge in [-0.05, 0) is 6.07 Å². The quantitative estimate of drug-likeness (QED) is 0.562. The number of amides is 1. The number of ether oxygens (including phenoxy) is 1. The Labute approximate surface area is 142 Å². The number of halogens is 3. The van der Waals surface area contributed by atoms with Gasteiger partial charge in [-0.1, -0.05) is 11.3 Å². The molecule has 0 unspecified atom stereocenters. The molecule has 130 valence electrons. The van der Waals surface area contributed by atoms with Crippen LogP contribution in [-0.2, 0) is 16.6 Å². The Balaban J connectivity index is 1.66. The largest absolute Gasteiger partial charge is 0.452 e. The molecule has 25 heavy (non-hydrogen) atoms. The van der Waals surface area contributed by atoms with Gasteiger partial charge in [0, 0.05) is 13.2 Å². The first-order chi connectivity index (χ1) is 11.8. The molecule has 1 N–H and O–H groups in total. The van der Waals surface area contributed by atoms with Gasteiger partial charge in [-0.3, -0.25) is 14.8 Å². The molecular weight excluding hydrogens is 361 g/mol. The molecule has 7 nitrogen and oxygen atoms in total. The molecule has 0 saturated heterocycles. The van der Waals surface area contributed by atoms with Gasteiger partial charge >= 0.3 is 5.97 Å². The van der Waals surface area contributed by atoms with Crippen molar-refractivity contribution in [1.29, 1.82) is 0 Å². The summed E-state index contributed by atoms with van der Waals surface area (Å²) in [5.74, 6) is -5.91. The molecule has 3 aromatic rings. The molecule has 11 heteroatoms. The molecule has 2 aromatic heterocycles. The first-order valence-electron chi connectivity index (χ1n) is 6.75. The van der Waals surface area contributed by atoms with E-state index in [0.717, 1.165) is 17.4 Å². The summed E-state index contributed by atoms with van der Waals surface area (Å²) in [5, 5.41) is 5.98. The normalized spacial score (nSPS) is 10.9. The van der Waals surface area contributed by atoms with E-state index in [1.165, 1.54) is 17.1 Å². The highest BCUT2D eigenvalue weighted by atomic mass is 32.1. The smallest absolute Gasteiger partial charge is 0.341 e. The van der Waals surface area contributed by atoms with Gasteiger partial charge in [-0.2, -0.15) is 5.10 Å². The maximum absolute atomic E-state index is 13.6. The lowest BCUT2D eigenvalue weighted by molar-refractivity contribution is -0.119. The topological polar surface area (TPSA) is 86.1 Å². The van der Waals surface area contributed by atoms with Crippen LogP contribution in [0, 0.1) is 17.5 Å². The van der Waals surface area contributed by atoms with Crippen LogP contribution in [0.15, 0.2) is 18.5 Å². The minimum atomic E-state index is -1.64. The molecule has 0 fully saturated rings. The third-order valence-electron chi connectivity index (χ3n) is 3.04. The molecule has 0 saturated carbocycles. The van der Waals surface area contributed by atoms with Crippen molar-refractivity contribution in [2.45, 2.75) is 0 Å². The number of hydrogen-bond donors (Lipinski definition) is 1. The molecule has 3 rings (SSSR count). The van der Waals surface area contributed by atoms with Crippen molar-refractivity contribution in [2.24, 2.45) is 7.05 Å². The predicted octanol–water partition coefficient (Wildman–Crippen LogP) is 2.24. The second-order valence-electron chi connectivity index (χ2n) is 4.88. The number of carbonyl (C=O) groups excluding carboxylic acids is 2. The average Bonchev–Trinajstić information content (AvgIpc) is 3.16. The number of benzene rings is 1. The SMILES string of the molecule is Cn1cc(C(=O)OCC(=O)Nc2nc3c(F)c(F)c(F)cc3s2)cn1. The fourth-order valence-electron chi connectivity index (χ4n) is 1.92. The Hall–Kier alpha value is -2.95. The van der Waals surface area contributed by atoms with Crippen LogP contribution in [0.1, 0.15) is 10.4 Å². The lowest BCUT2D eigenvalue weighted by Crippen LogP contribution is -2.20. The maximum Gasteiger partial charge on any atom is 0.341 e. The molecule has 0 aliphatic carbocycles. The molecule has 0 bridgehead atoms. The number of nitrogens with one attached hydrogen (secondary N) is 1. The average molecular weight is 370 g/mol. The monoisotopic (exact) mass is 370 g/mol. The summed E-state index contributed by atoms with van der Waals surface area (Å²) in [6, 6.07) is 0.781. The van der Waals surface area contributed by atoms with Gasteiger partial charge in [0.05, 0.1) is 16.5 Å². The van der Waals surface area contributed by atoms with Crippen molar-refractivity contribution in [3.8, 4) is 0 Å². The van der Waals surface area contributed by atoms with Crippen LogP contribution in [0.4, 0.5) is 18.3 Å². The lowest BCUT2D eigenvalue weighted by Gasteiger charge is -2.02. The van der Waals surface area contributed by atoms with Gasteiger partial charge in [0.2, 0.25) is 0 Å². The molecule has 0 atom stereocenters. The van der Waals surface area contributed by atoms with Crippen molar-refractivity contribution in [3.63, 3.8) is 0 Å². The van der Waals surface area contributed by atoms with Crippen LogP contribution >= 0.6 is 11.3 Å². The second-order valence-corrected chi connectivity index (χ2v) is 5.91. The summed E-state index contributed by atoms with van der Waals surface area (Å²) in [5.41, 5.74) is -0.227. The number of esters is 1. The predicted molar refractivity (Wildman–Crippen MR) is 81.6 cm³/mol. The van der Waals surface area contributed by atoms with Crippen LogP contribution in [-0.4, -0.2) is 33.2 Å². The summed E-state index contributed by atoms with van der Waals surface area (Å²) < 4.78 is 46.1. The number of aromatic nitrogens is 3. The number of anilines is 1. The third kappa shape index (κ3) is 3.45. The zero-order chi connectivity index (χ0) is 18.1. The fourth-order valence-corrected chi connectivity index (χ4v) is 2.83. The summed E-state index contributed by atoms with van der Waals surface area (Å²) in [6.07, 6.45) is 2.69. The first-order valence-corrected chi connectivity index (χ1v) is 7.56. The summed E-state index contributed by atoms with van der Waals surface area (Å²) >= 11 is 0.753. The van der Waals surface area contributed by atoms with Crippen molar-refractivity contribution in [2.75, 3.05) is 11.9 Å². The highest BCUT2D eigenvalue weighted by molar-refractivity contribution is 7.22. The fraction of sp³-hybridized carbons (Fsp3) is 0.143. The Morgan fingerprint density at radius 1 is 1.32 bits per heavy atom. The van der Waals surface area contributed by atoms with Gasteiger partial charge in [0.1, 0.15) is 5.52 Å². The molecule has 2 heterocycles. The Morgan fingerprint density at radius 3 is 2.76 bits per heavy atom. The van der Waals surface area contributed by atoms with Gasteiger partial charge in [0.25, 0.3) is 5.91 Å². The molecule has 0 spiro atoms. The molecule has 1 amide bonds. The van der Waals surface area contributed by atoms with Crippen LogP contribution in [0.2, 0.25) is 0 Å². The Kier molecular flexibility index (Phi) is 4.40. The molecule has 1 aromatic carbocycles. The highest BCUT2D eigenvalue weighted by Crippen LogP contribution is 2.30. The van der Waals surface area contributed by atoms with Crippen LogP contribution < -0.4 is 5.32 Å². The minimum Gasteiger partial charge on any atom is -0.452 e. The highest BCUT2D eigenvalue weighted by Gasteiger charge is 2.19. The molecule has 0 aliphatic rings. The van der Waals surface area contributed by atoms with E-state index in [2.05, 4.69) is 15.4 Å². The lowest BCUT2D eigenvalue weighted by atomic mass is 10.3. The number of thiazole rings is 1. The third-order valence-corrected chi connectivity index (χ3v) is 3.96. The van der Waals surface area contributed by atoms with Crippen molar-refractivity contribution in [1.82, 2.24) is 14.8 Å². The van der Waals surface area contributed by atoms with E-state index >= 15 is 0 Å². The van der Waals surface area contributed by atoms with Gasteiger partial charge in [-0.25, -0.2) is 22.9 Å². The zero-order valence-corrected chi connectivity index (χ0v) is 13.4. The van der Waals surface area contributed by atoms with Crippen LogP contribution in [0.25, 0.3) is 10.2 Å². The number of aryl methyl sites for hydroxylation is 1. The van der Waals surface area contributed by atoms with Crippen LogP contribution in [0.5, 0.6) is 0 Å². The van der Waals surface area contributed by atoms with E-state index in [4.69, 9.17) is 4.74 Å². The first kappa shape index (κ1) is 16.9. The minimum absolute atomic E-state index is 0.0269. The van der Waals surface area contributed by atoms with Crippen molar-refractivity contribution >= 4 is 38.6 Å². The van der Waals surface area contributed by atoms with E-state index < -0.39 is 41.5 Å². The summed E-state index contributed by atoms with van der Waals surface area (Å²) in [6.45, 7) is -0.616. The number of fused-ring (bicyclic) bond motifs is 1. The summed E-state index contributed by atoms with van der Waals surface area (Å²) in [4.78, 5) is 27.1. The number of rotatable bonds is 4. The van der Waals surface area contributed by atoms with Gasteiger partial charge in [0.15, 0.2) is 29.2 Å². The van der Waals surface area contributed by atoms with E-state index in [9.17, 15) is 22.8 Å². The standard InChI is InChI=1S/C14H9F3N4O3S/c1-21-4-6(3-18-21)13(23)24-5-9(22)19-14-20-12-8(25-14)2-7(15)10(16)11(12)17/h2-4H,5H2,1H3,(H,19,20,22). The van der Waals surface area contributed by atoms with Crippen LogP contribution in [0.3, 0.4) is 0 Å². The second kappa shape index (κ2) is 6.51. The maximum atomic E-state index is 13.6. The number of nitrogens with zero attached hydrogens (tertiary/aromatic N) is 3. The zero-order valence-electron chi connectivity index (χ0n) is 12.5. The van der Waals surface area contributed by atoms with E-state index in [-0.39, 0.29) is 15.4 Å². The van der Waals surface area contributed by atoms with Gasteiger partial charge in [-0.15, -0.1) is 0 Å². The van der Waals surface area contributed by atoms with Gasteiger partial charge < -0.3 is 4.74 Å². The molecular formula is C14H9F3N4O3S. The summed E-state index contributed by atoms with van der Waals surface area (Å²) in [7, 11) is 1.61. The molecule has 0 radical (unpaired) electrons. The Bertz CT molecular complexity index is 985. The van der Waals surface area contributed by atoms with E-state index in [0.29, 0.717) is 0 Å². The number of carbonyl (C=O) groups is 2. The van der Waals surface area contributed by atoms with E-state index in [1.54, 1.807) is 7.05 Å². The number of hydrogen-bond acceptors (Lipinski definition) is 6. The van der Waals surface area contributed by atoms with Crippen molar-refractivity contribution < 1.29 is 27.5 Å².